The van der Waals surface area contributed by atoms with Crippen molar-refractivity contribution >= 4 is 42.8 Å². The normalized spacial score (nSPS) is 15.3. The van der Waals surface area contributed by atoms with Crippen LogP contribution in [0.15, 0.2) is 57.9 Å². The van der Waals surface area contributed by atoms with Gasteiger partial charge >= 0.3 is 0 Å². The van der Waals surface area contributed by atoms with Crippen LogP contribution in [0.4, 0.5) is 0 Å². The maximum atomic E-state index is 12.6. The highest BCUT2D eigenvalue weighted by Crippen LogP contribution is 2.34. The van der Waals surface area contributed by atoms with Gasteiger partial charge in [-0.25, -0.2) is 8.42 Å². The van der Waals surface area contributed by atoms with Gasteiger partial charge in [0.2, 0.25) is 0 Å². The lowest BCUT2D eigenvalue weighted by Gasteiger charge is -2.08. The fraction of sp³-hybridized carbons (Fsp3) is 0.167. The number of halogens is 1. The molecule has 1 aliphatic rings. The molecule has 4 nitrogen and oxygen atoms in total. The molecule has 3 rings (SSSR count). The van der Waals surface area contributed by atoms with E-state index in [1.807, 2.05) is 24.3 Å². The lowest BCUT2D eigenvalue weighted by Crippen LogP contribution is -2.21. The molecule has 0 atom stereocenters. The maximum Gasteiger partial charge on any atom is 0.254 e. The van der Waals surface area contributed by atoms with Crippen molar-refractivity contribution in [3.63, 3.8) is 0 Å². The van der Waals surface area contributed by atoms with E-state index < -0.39 is 9.84 Å². The van der Waals surface area contributed by atoms with Gasteiger partial charge in [-0.3, -0.25) is 4.79 Å². The Hall–Kier alpha value is -1.92. The number of rotatable bonds is 3. The fourth-order valence-electron chi connectivity index (χ4n) is 2.76. The Balaban J connectivity index is 2.12. The van der Waals surface area contributed by atoms with Crippen molar-refractivity contribution < 1.29 is 13.2 Å². The van der Waals surface area contributed by atoms with Crippen molar-refractivity contribution in [2.75, 3.05) is 19.8 Å². The van der Waals surface area contributed by atoms with Crippen molar-refractivity contribution in [2.45, 2.75) is 4.90 Å². The second-order valence-corrected chi connectivity index (χ2v) is 8.75. The van der Waals surface area contributed by atoms with Crippen molar-refractivity contribution in [1.82, 2.24) is 4.90 Å². The summed E-state index contributed by atoms with van der Waals surface area (Å²) in [5, 5.41) is 0. The van der Waals surface area contributed by atoms with Crippen LogP contribution < -0.4 is 0 Å². The number of carbonyl (C=O) groups is 1. The van der Waals surface area contributed by atoms with Crippen LogP contribution in [0.2, 0.25) is 0 Å². The molecular formula is C18H16BrNO3S. The van der Waals surface area contributed by atoms with E-state index in [4.69, 9.17) is 0 Å². The second kappa shape index (κ2) is 6.18. The first-order valence-corrected chi connectivity index (χ1v) is 10.0. The quantitative estimate of drug-likeness (QED) is 0.787. The molecule has 0 N–H and O–H groups in total. The second-order valence-electron chi connectivity index (χ2n) is 5.82. The summed E-state index contributed by atoms with van der Waals surface area (Å²) < 4.78 is 24.2. The molecule has 1 heterocycles. The van der Waals surface area contributed by atoms with Crippen LogP contribution in [0.25, 0.3) is 11.1 Å². The highest BCUT2D eigenvalue weighted by atomic mass is 79.9. The van der Waals surface area contributed by atoms with Gasteiger partial charge in [0.15, 0.2) is 9.84 Å². The van der Waals surface area contributed by atoms with E-state index in [0.717, 1.165) is 21.2 Å². The Bertz CT molecular complexity index is 929. The average Bonchev–Trinajstić information content (AvgIpc) is 2.83. The third-order valence-electron chi connectivity index (χ3n) is 4.02. The smallest absolute Gasteiger partial charge is 0.254 e. The molecule has 2 aromatic rings. The number of amides is 1. The zero-order chi connectivity index (χ0) is 17.5. The summed E-state index contributed by atoms with van der Waals surface area (Å²) in [4.78, 5) is 14.5. The molecule has 2 aromatic carbocycles. The largest absolute Gasteiger partial charge is 0.337 e. The van der Waals surface area contributed by atoms with E-state index in [1.54, 1.807) is 36.2 Å². The first-order valence-electron chi connectivity index (χ1n) is 7.32. The summed E-state index contributed by atoms with van der Waals surface area (Å²) in [6.45, 7) is 0.531. The van der Waals surface area contributed by atoms with E-state index >= 15 is 0 Å². The van der Waals surface area contributed by atoms with E-state index in [1.165, 1.54) is 6.26 Å². The van der Waals surface area contributed by atoms with E-state index in [0.29, 0.717) is 12.1 Å². The van der Waals surface area contributed by atoms with Crippen molar-refractivity contribution in [1.29, 1.82) is 0 Å². The molecule has 24 heavy (non-hydrogen) atoms. The first-order chi connectivity index (χ1) is 11.3. The summed E-state index contributed by atoms with van der Waals surface area (Å²) in [7, 11) is -1.49. The van der Waals surface area contributed by atoms with Gasteiger partial charge in [0.25, 0.3) is 5.91 Å². The van der Waals surface area contributed by atoms with Gasteiger partial charge in [0.1, 0.15) is 0 Å². The Morgan fingerprint density at radius 2 is 1.50 bits per heavy atom. The zero-order valence-electron chi connectivity index (χ0n) is 13.3. The number of carbonyl (C=O) groups excluding carboxylic acids is 1. The Morgan fingerprint density at radius 3 is 2.04 bits per heavy atom. The maximum absolute atomic E-state index is 12.6. The predicted molar refractivity (Wildman–Crippen MR) is 98.1 cm³/mol. The Morgan fingerprint density at radius 1 is 0.958 bits per heavy atom. The summed E-state index contributed by atoms with van der Waals surface area (Å²) >= 11 is 3.41. The van der Waals surface area contributed by atoms with E-state index in [-0.39, 0.29) is 10.8 Å². The Labute approximate surface area is 149 Å². The number of hydrogen-bond donors (Lipinski definition) is 0. The molecule has 0 aromatic heterocycles. The Kier molecular flexibility index (Phi) is 4.36. The standard InChI is InChI=1S/C18H16BrNO3S/c1-20-11-16(12-3-7-14(19)8-4-12)17(18(20)21)13-5-9-15(10-6-13)24(2,22)23/h3-10H,11H2,1-2H3. The van der Waals surface area contributed by atoms with Gasteiger partial charge in [-0.15, -0.1) is 0 Å². The number of nitrogens with zero attached hydrogens (tertiary/aromatic N) is 1. The van der Waals surface area contributed by atoms with Gasteiger partial charge in [0.05, 0.1) is 10.5 Å². The van der Waals surface area contributed by atoms with Crippen LogP contribution in [-0.4, -0.2) is 39.1 Å². The summed E-state index contributed by atoms with van der Waals surface area (Å²) in [6.07, 6.45) is 1.17. The van der Waals surface area contributed by atoms with Gasteiger partial charge in [-0.1, -0.05) is 40.2 Å². The number of benzene rings is 2. The molecule has 6 heteroatoms. The molecule has 124 valence electrons. The summed E-state index contributed by atoms with van der Waals surface area (Å²) in [5.74, 6) is -0.0555. The molecule has 1 aliphatic heterocycles. The monoisotopic (exact) mass is 405 g/mol. The van der Waals surface area contributed by atoms with Gasteiger partial charge in [-0.05, 0) is 41.0 Å². The van der Waals surface area contributed by atoms with Gasteiger partial charge < -0.3 is 4.90 Å². The fourth-order valence-corrected chi connectivity index (χ4v) is 3.66. The minimum absolute atomic E-state index is 0.0555. The van der Waals surface area contributed by atoms with Gasteiger partial charge in [0, 0.05) is 24.3 Å². The van der Waals surface area contributed by atoms with Crippen LogP contribution in [0.1, 0.15) is 11.1 Å². The molecule has 0 aliphatic carbocycles. The van der Waals surface area contributed by atoms with E-state index in [2.05, 4.69) is 15.9 Å². The molecule has 0 radical (unpaired) electrons. The zero-order valence-corrected chi connectivity index (χ0v) is 15.7. The topological polar surface area (TPSA) is 54.5 Å². The lowest BCUT2D eigenvalue weighted by molar-refractivity contribution is -0.122. The summed E-state index contributed by atoms with van der Waals surface area (Å²) in [5.41, 5.74) is 3.29. The molecule has 0 fully saturated rings. The first kappa shape index (κ1) is 16.9. The van der Waals surface area contributed by atoms with Crippen LogP contribution in [0, 0.1) is 0 Å². The number of hydrogen-bond acceptors (Lipinski definition) is 3. The molecule has 0 spiro atoms. The minimum Gasteiger partial charge on any atom is -0.337 e. The molecular weight excluding hydrogens is 390 g/mol. The predicted octanol–water partition coefficient (Wildman–Crippen LogP) is 3.24. The molecule has 0 saturated heterocycles. The lowest BCUT2D eigenvalue weighted by atomic mass is 9.97. The van der Waals surface area contributed by atoms with Crippen LogP contribution in [-0.2, 0) is 14.6 Å². The third-order valence-corrected chi connectivity index (χ3v) is 5.68. The van der Waals surface area contributed by atoms with Crippen LogP contribution >= 0.6 is 15.9 Å². The number of likely N-dealkylation sites (N-methyl/N-ethyl adjacent to an activating group) is 1. The minimum atomic E-state index is -3.25. The van der Waals surface area contributed by atoms with Gasteiger partial charge in [-0.2, -0.15) is 0 Å². The van der Waals surface area contributed by atoms with Crippen molar-refractivity contribution in [3.8, 4) is 0 Å². The average molecular weight is 406 g/mol. The van der Waals surface area contributed by atoms with Crippen LogP contribution in [0.5, 0.6) is 0 Å². The molecule has 0 saturated carbocycles. The highest BCUT2D eigenvalue weighted by Gasteiger charge is 2.29. The number of sulfone groups is 1. The molecule has 0 bridgehead atoms. The molecule has 1 amide bonds. The van der Waals surface area contributed by atoms with Crippen molar-refractivity contribution in [3.05, 3.63) is 64.1 Å². The highest BCUT2D eigenvalue weighted by molar-refractivity contribution is 9.10. The van der Waals surface area contributed by atoms with Crippen molar-refractivity contribution in [2.24, 2.45) is 0 Å². The third kappa shape index (κ3) is 3.16. The SMILES string of the molecule is CN1CC(c2ccc(Br)cc2)=C(c2ccc(S(C)(=O)=O)cc2)C1=O. The van der Waals surface area contributed by atoms with E-state index in [9.17, 15) is 13.2 Å². The van der Waals surface area contributed by atoms with Crippen LogP contribution in [0.3, 0.4) is 0 Å². The summed E-state index contributed by atoms with van der Waals surface area (Å²) in [6, 6.07) is 14.3. The molecule has 0 unspecified atom stereocenters.